The fraction of sp³-hybridized carbons (Fsp3) is 0.562. The van der Waals surface area contributed by atoms with Gasteiger partial charge in [0.2, 0.25) is 0 Å². The quantitative estimate of drug-likeness (QED) is 0.836. The van der Waals surface area contributed by atoms with E-state index in [-0.39, 0.29) is 18.7 Å². The highest BCUT2D eigenvalue weighted by molar-refractivity contribution is 5.75. The summed E-state index contributed by atoms with van der Waals surface area (Å²) in [5.74, 6) is 0.566. The van der Waals surface area contributed by atoms with E-state index in [2.05, 4.69) is 17.4 Å². The highest BCUT2D eigenvalue weighted by atomic mass is 16.3. The molecule has 0 aliphatic heterocycles. The van der Waals surface area contributed by atoms with Crippen molar-refractivity contribution in [2.75, 3.05) is 13.2 Å². The number of carbonyl (C=O) groups excluding carboxylic acids is 1. The number of nitrogens with zero attached hydrogens (tertiary/aromatic N) is 1. The molecule has 0 saturated heterocycles. The number of hydrogen-bond donors (Lipinski definition) is 2. The first-order chi connectivity index (χ1) is 9.79. The summed E-state index contributed by atoms with van der Waals surface area (Å²) in [5.41, 5.74) is 1.18. The van der Waals surface area contributed by atoms with Crippen molar-refractivity contribution >= 4 is 6.03 Å². The Morgan fingerprint density at radius 1 is 1.25 bits per heavy atom. The lowest BCUT2D eigenvalue weighted by Crippen LogP contribution is -2.44. The minimum absolute atomic E-state index is 0.0256. The lowest BCUT2D eigenvalue weighted by molar-refractivity contribution is 0.169. The number of carbonyl (C=O) groups is 1. The predicted octanol–water partition coefficient (Wildman–Crippen LogP) is 2.30. The molecule has 1 atom stereocenters. The van der Waals surface area contributed by atoms with E-state index in [0.717, 1.165) is 12.8 Å². The second-order valence-corrected chi connectivity index (χ2v) is 5.82. The second kappa shape index (κ2) is 5.83. The van der Waals surface area contributed by atoms with E-state index in [1.165, 1.54) is 18.4 Å². The number of rotatable bonds is 6. The Labute approximate surface area is 119 Å². The summed E-state index contributed by atoms with van der Waals surface area (Å²) in [7, 11) is 0. The highest BCUT2D eigenvalue weighted by Gasteiger charge is 2.37. The van der Waals surface area contributed by atoms with Crippen molar-refractivity contribution < 1.29 is 9.90 Å². The summed E-state index contributed by atoms with van der Waals surface area (Å²) < 4.78 is 0. The molecule has 3 rings (SSSR count). The van der Waals surface area contributed by atoms with E-state index in [1.54, 1.807) is 4.90 Å². The monoisotopic (exact) mass is 274 g/mol. The minimum Gasteiger partial charge on any atom is -0.395 e. The van der Waals surface area contributed by atoms with Gasteiger partial charge in [0.15, 0.2) is 0 Å². The Morgan fingerprint density at radius 3 is 2.50 bits per heavy atom. The molecule has 2 aliphatic carbocycles. The number of urea groups is 1. The number of nitrogens with one attached hydrogen (secondary N) is 1. The molecule has 2 fully saturated rings. The van der Waals surface area contributed by atoms with Gasteiger partial charge in [-0.2, -0.15) is 0 Å². The van der Waals surface area contributed by atoms with Gasteiger partial charge in [-0.15, -0.1) is 0 Å². The van der Waals surface area contributed by atoms with Gasteiger partial charge in [0.05, 0.1) is 12.6 Å². The summed E-state index contributed by atoms with van der Waals surface area (Å²) in [4.78, 5) is 14.2. The highest BCUT2D eigenvalue weighted by Crippen LogP contribution is 2.41. The van der Waals surface area contributed by atoms with Crippen LogP contribution >= 0.6 is 0 Å². The van der Waals surface area contributed by atoms with E-state index in [4.69, 9.17) is 5.11 Å². The van der Waals surface area contributed by atoms with Crippen LogP contribution in [0.4, 0.5) is 4.79 Å². The molecule has 108 valence electrons. The van der Waals surface area contributed by atoms with Crippen molar-refractivity contribution in [3.05, 3.63) is 35.9 Å². The van der Waals surface area contributed by atoms with E-state index < -0.39 is 0 Å². The average molecular weight is 274 g/mol. The van der Waals surface area contributed by atoms with Gasteiger partial charge in [-0.1, -0.05) is 30.3 Å². The van der Waals surface area contributed by atoms with E-state index in [9.17, 15) is 4.79 Å². The van der Waals surface area contributed by atoms with Crippen molar-refractivity contribution in [1.82, 2.24) is 10.2 Å². The van der Waals surface area contributed by atoms with Gasteiger partial charge >= 0.3 is 6.03 Å². The standard InChI is InChI=1S/C16H22N2O2/c19-11-10-18(14-8-9-14)16(20)17-15(13-6-7-13)12-4-2-1-3-5-12/h1-5,13-15,19H,6-11H2,(H,17,20). The third-order valence-electron chi connectivity index (χ3n) is 4.12. The number of aliphatic hydroxyl groups excluding tert-OH is 1. The maximum atomic E-state index is 12.4. The summed E-state index contributed by atoms with van der Waals surface area (Å²) in [6.45, 7) is 0.464. The van der Waals surface area contributed by atoms with Crippen LogP contribution in [0.25, 0.3) is 0 Å². The third-order valence-corrected chi connectivity index (χ3v) is 4.12. The maximum absolute atomic E-state index is 12.4. The molecule has 4 heteroatoms. The molecule has 1 aromatic rings. The van der Waals surface area contributed by atoms with Crippen molar-refractivity contribution in [1.29, 1.82) is 0 Å². The summed E-state index contributed by atoms with van der Waals surface area (Å²) in [5, 5.41) is 12.3. The van der Waals surface area contributed by atoms with Crippen molar-refractivity contribution in [3.63, 3.8) is 0 Å². The van der Waals surface area contributed by atoms with Crippen LogP contribution in [0.15, 0.2) is 30.3 Å². The first-order valence-electron chi connectivity index (χ1n) is 7.52. The fourth-order valence-corrected chi connectivity index (χ4v) is 2.72. The number of hydrogen-bond acceptors (Lipinski definition) is 2. The summed E-state index contributed by atoms with van der Waals surface area (Å²) in [6.07, 6.45) is 4.49. The van der Waals surface area contributed by atoms with Gasteiger partial charge in [-0.3, -0.25) is 0 Å². The lowest BCUT2D eigenvalue weighted by Gasteiger charge is -2.26. The molecule has 0 spiro atoms. The molecule has 2 saturated carbocycles. The van der Waals surface area contributed by atoms with E-state index in [1.807, 2.05) is 18.2 Å². The Balaban J connectivity index is 1.68. The van der Waals surface area contributed by atoms with Gasteiger partial charge in [0.1, 0.15) is 0 Å². The van der Waals surface area contributed by atoms with Gasteiger partial charge in [0.25, 0.3) is 0 Å². The topological polar surface area (TPSA) is 52.6 Å². The number of amides is 2. The van der Waals surface area contributed by atoms with Crippen molar-refractivity contribution in [2.45, 2.75) is 37.8 Å². The average Bonchev–Trinajstić information content (AvgIpc) is 3.35. The van der Waals surface area contributed by atoms with Crippen LogP contribution < -0.4 is 5.32 Å². The predicted molar refractivity (Wildman–Crippen MR) is 77.3 cm³/mol. The van der Waals surface area contributed by atoms with Gasteiger partial charge in [0, 0.05) is 12.6 Å². The molecular weight excluding hydrogens is 252 g/mol. The molecule has 2 amide bonds. The van der Waals surface area contributed by atoms with Crippen LogP contribution in [0.5, 0.6) is 0 Å². The summed E-state index contributed by atoms with van der Waals surface area (Å²) >= 11 is 0. The second-order valence-electron chi connectivity index (χ2n) is 5.82. The van der Waals surface area contributed by atoms with Crippen molar-refractivity contribution in [3.8, 4) is 0 Å². The van der Waals surface area contributed by atoms with Gasteiger partial charge in [-0.25, -0.2) is 4.79 Å². The van der Waals surface area contributed by atoms with Crippen LogP contribution in [0.2, 0.25) is 0 Å². The van der Waals surface area contributed by atoms with Crippen molar-refractivity contribution in [2.24, 2.45) is 5.92 Å². The molecular formula is C16H22N2O2. The first kappa shape index (κ1) is 13.4. The molecule has 0 heterocycles. The van der Waals surface area contributed by atoms with E-state index >= 15 is 0 Å². The zero-order valence-electron chi connectivity index (χ0n) is 11.7. The molecule has 2 N–H and O–H groups in total. The van der Waals surface area contributed by atoms with Gasteiger partial charge < -0.3 is 15.3 Å². The van der Waals surface area contributed by atoms with Gasteiger partial charge in [-0.05, 0) is 37.2 Å². The molecule has 20 heavy (non-hydrogen) atoms. The number of benzene rings is 1. The molecule has 0 radical (unpaired) electrons. The molecule has 0 bridgehead atoms. The smallest absolute Gasteiger partial charge is 0.318 e. The minimum atomic E-state index is -0.0256. The lowest BCUT2D eigenvalue weighted by atomic mass is 10.0. The Hall–Kier alpha value is -1.55. The Bertz CT molecular complexity index is 455. The number of aliphatic hydroxyl groups is 1. The van der Waals surface area contributed by atoms with Crippen LogP contribution in [0, 0.1) is 5.92 Å². The Morgan fingerprint density at radius 2 is 1.95 bits per heavy atom. The summed E-state index contributed by atoms with van der Waals surface area (Å²) in [6, 6.07) is 10.6. The molecule has 0 aromatic heterocycles. The largest absolute Gasteiger partial charge is 0.395 e. The van der Waals surface area contributed by atoms with E-state index in [0.29, 0.717) is 18.5 Å². The van der Waals surface area contributed by atoms with Crippen LogP contribution in [-0.4, -0.2) is 35.2 Å². The maximum Gasteiger partial charge on any atom is 0.318 e. The molecule has 1 aromatic carbocycles. The molecule has 2 aliphatic rings. The zero-order valence-corrected chi connectivity index (χ0v) is 11.7. The molecule has 4 nitrogen and oxygen atoms in total. The SMILES string of the molecule is O=C(NC(c1ccccc1)C1CC1)N(CCO)C1CC1. The first-order valence-corrected chi connectivity index (χ1v) is 7.52. The molecule has 1 unspecified atom stereocenters. The third kappa shape index (κ3) is 3.12. The van der Waals surface area contributed by atoms with Crippen LogP contribution in [0.3, 0.4) is 0 Å². The Kier molecular flexibility index (Phi) is 3.92. The van der Waals surface area contributed by atoms with Crippen LogP contribution in [-0.2, 0) is 0 Å². The van der Waals surface area contributed by atoms with Crippen LogP contribution in [0.1, 0.15) is 37.3 Å². The fourth-order valence-electron chi connectivity index (χ4n) is 2.72. The zero-order chi connectivity index (χ0) is 13.9. The normalized spacial score (nSPS) is 19.4.